The van der Waals surface area contributed by atoms with Crippen molar-refractivity contribution in [1.82, 2.24) is 19.5 Å². The molecule has 0 aliphatic carbocycles. The molecular formula is C27H40FN5O3S. The smallest absolute Gasteiger partial charge is 0.259 e. The first kappa shape index (κ1) is 30.2. The van der Waals surface area contributed by atoms with Crippen LogP contribution >= 0.6 is 0 Å². The van der Waals surface area contributed by atoms with Gasteiger partial charge in [0.1, 0.15) is 5.82 Å². The van der Waals surface area contributed by atoms with Crippen LogP contribution in [0, 0.1) is 5.82 Å². The fourth-order valence-electron chi connectivity index (χ4n) is 3.66. The van der Waals surface area contributed by atoms with Gasteiger partial charge in [-0.1, -0.05) is 33.6 Å². The SMILES string of the molecule is CCCCCNS(=O)(=O)c1ccn(C(C)C)n1.CNc1c(-c2ccc(OC)nc2)cc(F)cc1C(C)C. The molecular weight excluding hydrogens is 493 g/mol. The van der Waals surface area contributed by atoms with Gasteiger partial charge in [-0.25, -0.2) is 22.5 Å². The van der Waals surface area contributed by atoms with Crippen molar-refractivity contribution < 1.29 is 17.5 Å². The van der Waals surface area contributed by atoms with Crippen molar-refractivity contribution in [1.29, 1.82) is 0 Å². The number of benzene rings is 1. The predicted octanol–water partition coefficient (Wildman–Crippen LogP) is 5.99. The Balaban J connectivity index is 0.000000264. The average molecular weight is 534 g/mol. The molecule has 0 amide bonds. The Morgan fingerprint density at radius 1 is 1.11 bits per heavy atom. The van der Waals surface area contributed by atoms with E-state index in [1.54, 1.807) is 36.3 Å². The van der Waals surface area contributed by atoms with Crippen molar-refractivity contribution in [3.63, 3.8) is 0 Å². The Bertz CT molecular complexity index is 1230. The number of nitrogens with zero attached hydrogens (tertiary/aromatic N) is 3. The molecule has 0 saturated heterocycles. The zero-order valence-electron chi connectivity index (χ0n) is 22.9. The van der Waals surface area contributed by atoms with Crippen molar-refractivity contribution in [3.05, 3.63) is 54.1 Å². The third-order valence-corrected chi connectivity index (χ3v) is 7.08. The van der Waals surface area contributed by atoms with E-state index in [2.05, 4.69) is 27.0 Å². The largest absolute Gasteiger partial charge is 0.481 e. The molecule has 2 heterocycles. The van der Waals surface area contributed by atoms with Gasteiger partial charge in [-0.05, 0) is 56.0 Å². The second-order valence-electron chi connectivity index (χ2n) is 9.24. The lowest BCUT2D eigenvalue weighted by Crippen LogP contribution is -2.25. The summed E-state index contributed by atoms with van der Waals surface area (Å²) in [4.78, 5) is 4.18. The summed E-state index contributed by atoms with van der Waals surface area (Å²) in [6, 6.07) is 8.46. The van der Waals surface area contributed by atoms with Gasteiger partial charge in [-0.3, -0.25) is 4.68 Å². The molecule has 3 rings (SSSR count). The van der Waals surface area contributed by atoms with Crippen LogP contribution < -0.4 is 14.8 Å². The van der Waals surface area contributed by atoms with Crippen LogP contribution in [0.5, 0.6) is 5.88 Å². The highest BCUT2D eigenvalue weighted by Gasteiger charge is 2.17. The zero-order chi connectivity index (χ0) is 27.6. The van der Waals surface area contributed by atoms with E-state index < -0.39 is 10.0 Å². The number of halogens is 1. The second-order valence-corrected chi connectivity index (χ2v) is 11.0. The Morgan fingerprint density at radius 3 is 2.35 bits per heavy atom. The summed E-state index contributed by atoms with van der Waals surface area (Å²) in [6.45, 7) is 10.6. The minimum absolute atomic E-state index is 0.0997. The van der Waals surface area contributed by atoms with Crippen LogP contribution in [-0.2, 0) is 10.0 Å². The molecule has 1 aromatic carbocycles. The second kappa shape index (κ2) is 14.1. The van der Waals surface area contributed by atoms with Crippen molar-refractivity contribution in [3.8, 4) is 17.0 Å². The number of sulfonamides is 1. The van der Waals surface area contributed by atoms with Gasteiger partial charge in [0.2, 0.25) is 5.88 Å². The first-order valence-corrected chi connectivity index (χ1v) is 14.1. The number of unbranched alkanes of at least 4 members (excludes halogenated alkanes) is 2. The van der Waals surface area contributed by atoms with Crippen LogP contribution in [-0.4, -0.2) is 43.9 Å². The summed E-state index contributed by atoms with van der Waals surface area (Å²) in [6.07, 6.45) is 6.34. The maximum absolute atomic E-state index is 13.9. The van der Waals surface area contributed by atoms with Crippen molar-refractivity contribution >= 4 is 15.7 Å². The Kier molecular flexibility index (Phi) is 11.5. The summed E-state index contributed by atoms with van der Waals surface area (Å²) in [5.74, 6) is 0.539. The third-order valence-electron chi connectivity index (χ3n) is 5.72. The van der Waals surface area contributed by atoms with E-state index in [1.807, 2.05) is 40.8 Å². The van der Waals surface area contributed by atoms with E-state index in [-0.39, 0.29) is 22.8 Å². The van der Waals surface area contributed by atoms with Gasteiger partial charge in [-0.2, -0.15) is 5.10 Å². The molecule has 0 atom stereocenters. The lowest BCUT2D eigenvalue weighted by Gasteiger charge is -2.17. The maximum Gasteiger partial charge on any atom is 0.259 e. The number of aromatic nitrogens is 3. The lowest BCUT2D eigenvalue weighted by molar-refractivity contribution is 0.398. The molecule has 2 N–H and O–H groups in total. The molecule has 0 unspecified atom stereocenters. The normalized spacial score (nSPS) is 11.4. The minimum Gasteiger partial charge on any atom is -0.481 e. The number of anilines is 1. The summed E-state index contributed by atoms with van der Waals surface area (Å²) in [5, 5.41) is 7.32. The quantitative estimate of drug-likeness (QED) is 0.294. The minimum atomic E-state index is -3.44. The molecule has 10 heteroatoms. The fourth-order valence-corrected chi connectivity index (χ4v) is 4.66. The number of hydrogen-bond donors (Lipinski definition) is 2. The van der Waals surface area contributed by atoms with Crippen LogP contribution in [0.1, 0.15) is 71.4 Å². The number of nitrogens with one attached hydrogen (secondary N) is 2. The average Bonchev–Trinajstić information content (AvgIpc) is 3.39. The first-order chi connectivity index (χ1) is 17.5. The molecule has 0 fully saturated rings. The number of rotatable bonds is 11. The predicted molar refractivity (Wildman–Crippen MR) is 147 cm³/mol. The van der Waals surface area contributed by atoms with Gasteiger partial charge < -0.3 is 10.1 Å². The van der Waals surface area contributed by atoms with Crippen molar-refractivity contribution in [2.45, 2.75) is 70.9 Å². The summed E-state index contributed by atoms with van der Waals surface area (Å²) in [5.41, 5.74) is 3.56. The van der Waals surface area contributed by atoms with Gasteiger partial charge in [0.05, 0.1) is 7.11 Å². The highest BCUT2D eigenvalue weighted by atomic mass is 32.2. The van der Waals surface area contributed by atoms with Crippen LogP contribution in [0.15, 0.2) is 47.8 Å². The monoisotopic (exact) mass is 533 g/mol. The van der Waals surface area contributed by atoms with E-state index in [9.17, 15) is 12.8 Å². The Morgan fingerprint density at radius 2 is 1.84 bits per heavy atom. The van der Waals surface area contributed by atoms with E-state index in [0.717, 1.165) is 41.6 Å². The molecule has 0 radical (unpaired) electrons. The van der Waals surface area contributed by atoms with Gasteiger partial charge in [0.25, 0.3) is 10.0 Å². The number of methoxy groups -OCH3 is 1. The van der Waals surface area contributed by atoms with Crippen LogP contribution in [0.2, 0.25) is 0 Å². The van der Waals surface area contributed by atoms with E-state index in [1.165, 1.54) is 12.1 Å². The number of hydrogen-bond acceptors (Lipinski definition) is 6. The van der Waals surface area contributed by atoms with Crippen LogP contribution in [0.25, 0.3) is 11.1 Å². The van der Waals surface area contributed by atoms with Crippen LogP contribution in [0.4, 0.5) is 10.1 Å². The molecule has 0 spiro atoms. The molecule has 204 valence electrons. The molecule has 3 aromatic rings. The van der Waals surface area contributed by atoms with E-state index >= 15 is 0 Å². The van der Waals surface area contributed by atoms with Gasteiger partial charge in [-0.15, -0.1) is 0 Å². The van der Waals surface area contributed by atoms with E-state index in [0.29, 0.717) is 12.4 Å². The van der Waals surface area contributed by atoms with Crippen molar-refractivity contribution in [2.24, 2.45) is 0 Å². The first-order valence-electron chi connectivity index (χ1n) is 12.6. The molecule has 0 saturated carbocycles. The molecule has 8 nitrogen and oxygen atoms in total. The Labute approximate surface area is 220 Å². The highest BCUT2D eigenvalue weighted by molar-refractivity contribution is 7.89. The Hall–Kier alpha value is -2.98. The topological polar surface area (TPSA) is 98.1 Å². The standard InChI is InChI=1S/C16H19FN2O.C11H21N3O2S/c1-10(2)13-7-12(17)8-14(16(13)18-3)11-5-6-15(20-4)19-9-11;1-4-5-6-8-12-17(15,16)11-7-9-14(13-11)10(2)3/h5-10,18H,1-4H3;7,9-10,12H,4-6,8H2,1-3H3. The summed E-state index contributed by atoms with van der Waals surface area (Å²) < 4.78 is 46.8. The summed E-state index contributed by atoms with van der Waals surface area (Å²) in [7, 11) is -0.0190. The van der Waals surface area contributed by atoms with Crippen LogP contribution in [0.3, 0.4) is 0 Å². The molecule has 37 heavy (non-hydrogen) atoms. The van der Waals surface area contributed by atoms with Gasteiger partial charge in [0, 0.05) is 54.9 Å². The lowest BCUT2D eigenvalue weighted by atomic mass is 9.94. The third kappa shape index (κ3) is 8.53. The molecule has 0 aliphatic heterocycles. The molecule has 0 bridgehead atoms. The van der Waals surface area contributed by atoms with Gasteiger partial charge in [0.15, 0.2) is 5.03 Å². The number of pyridine rings is 1. The highest BCUT2D eigenvalue weighted by Crippen LogP contribution is 2.35. The maximum atomic E-state index is 13.9. The molecule has 2 aromatic heterocycles. The summed E-state index contributed by atoms with van der Waals surface area (Å²) >= 11 is 0. The number of ether oxygens (including phenoxy) is 1. The van der Waals surface area contributed by atoms with Crippen molar-refractivity contribution in [2.75, 3.05) is 26.0 Å². The van der Waals surface area contributed by atoms with E-state index in [4.69, 9.17) is 4.74 Å². The fraction of sp³-hybridized carbons (Fsp3) is 0.481. The van der Waals surface area contributed by atoms with Gasteiger partial charge >= 0.3 is 0 Å². The zero-order valence-corrected chi connectivity index (χ0v) is 23.7. The molecule has 0 aliphatic rings.